The van der Waals surface area contributed by atoms with Crippen LogP contribution in [0.1, 0.15) is 6.92 Å². The molecule has 0 spiro atoms. The minimum Gasteiger partial charge on any atom is -0.433 e. The van der Waals surface area contributed by atoms with Crippen LogP contribution in [0.5, 0.6) is 0 Å². The molecule has 0 heterocycles. The molecule has 0 aromatic rings. The lowest BCUT2D eigenvalue weighted by atomic mass is 10.9. The standard InChI is InChI=1S/C3H5O4/c1-2-6-3(4)7-5/h2H2,1H3. The van der Waals surface area contributed by atoms with Gasteiger partial charge < -0.3 is 4.74 Å². The monoisotopic (exact) mass is 105 g/mol. The summed E-state index contributed by atoms with van der Waals surface area (Å²) < 4.78 is 4.02. The maximum Gasteiger partial charge on any atom is 0.542 e. The Morgan fingerprint density at radius 3 is 2.43 bits per heavy atom. The molecule has 0 saturated carbocycles. The van der Waals surface area contributed by atoms with E-state index in [1.54, 1.807) is 6.92 Å². The van der Waals surface area contributed by atoms with E-state index in [2.05, 4.69) is 9.62 Å². The third-order valence-electron chi connectivity index (χ3n) is 0.330. The summed E-state index contributed by atoms with van der Waals surface area (Å²) in [7, 11) is 0. The first-order valence-electron chi connectivity index (χ1n) is 1.77. The molecule has 0 fully saturated rings. The van der Waals surface area contributed by atoms with Crippen LogP contribution in [-0.2, 0) is 14.9 Å². The molecule has 0 unspecified atom stereocenters. The van der Waals surface area contributed by atoms with E-state index in [9.17, 15) is 4.79 Å². The molecule has 0 rings (SSSR count). The lowest BCUT2D eigenvalue weighted by molar-refractivity contribution is -0.260. The van der Waals surface area contributed by atoms with E-state index in [1.807, 2.05) is 0 Å². The van der Waals surface area contributed by atoms with Crippen molar-refractivity contribution in [2.24, 2.45) is 0 Å². The van der Waals surface area contributed by atoms with Gasteiger partial charge in [-0.15, -0.1) is 0 Å². The number of carbonyl (C=O) groups excluding carboxylic acids is 1. The first-order valence-corrected chi connectivity index (χ1v) is 1.77. The van der Waals surface area contributed by atoms with Gasteiger partial charge in [0.25, 0.3) is 0 Å². The van der Waals surface area contributed by atoms with Crippen LogP contribution in [-0.4, -0.2) is 12.8 Å². The summed E-state index contributed by atoms with van der Waals surface area (Å²) in [5.74, 6) is 0. The average molecular weight is 105 g/mol. The quantitative estimate of drug-likeness (QED) is 0.277. The third-order valence-corrected chi connectivity index (χ3v) is 0.330. The van der Waals surface area contributed by atoms with Crippen LogP contribution in [0.25, 0.3) is 0 Å². The molecule has 0 atom stereocenters. The van der Waals surface area contributed by atoms with E-state index in [4.69, 9.17) is 5.26 Å². The van der Waals surface area contributed by atoms with Crippen LogP contribution in [0.15, 0.2) is 0 Å². The largest absolute Gasteiger partial charge is 0.542 e. The van der Waals surface area contributed by atoms with E-state index >= 15 is 0 Å². The lowest BCUT2D eigenvalue weighted by Crippen LogP contribution is -2.01. The molecular weight excluding hydrogens is 100 g/mol. The van der Waals surface area contributed by atoms with Crippen LogP contribution in [0.4, 0.5) is 4.79 Å². The van der Waals surface area contributed by atoms with E-state index < -0.39 is 6.16 Å². The van der Waals surface area contributed by atoms with Crippen molar-refractivity contribution in [1.82, 2.24) is 0 Å². The molecule has 0 amide bonds. The Balaban J connectivity index is 3.00. The average Bonchev–Trinajstić information content (AvgIpc) is 1.68. The van der Waals surface area contributed by atoms with Gasteiger partial charge in [0, 0.05) is 5.26 Å². The van der Waals surface area contributed by atoms with Crippen LogP contribution in [0.3, 0.4) is 0 Å². The molecule has 0 bridgehead atoms. The molecule has 7 heavy (non-hydrogen) atoms. The maximum atomic E-state index is 9.65. The topological polar surface area (TPSA) is 55.4 Å². The van der Waals surface area contributed by atoms with Crippen molar-refractivity contribution in [2.75, 3.05) is 6.61 Å². The zero-order valence-electron chi connectivity index (χ0n) is 3.84. The SMILES string of the molecule is CCOC(=O)O[O]. The van der Waals surface area contributed by atoms with E-state index in [0.717, 1.165) is 0 Å². The van der Waals surface area contributed by atoms with Gasteiger partial charge >= 0.3 is 6.16 Å². The molecule has 0 aromatic heterocycles. The summed E-state index contributed by atoms with van der Waals surface area (Å²) in [5, 5.41) is 9.05. The number of ether oxygens (including phenoxy) is 1. The molecule has 0 aliphatic carbocycles. The van der Waals surface area contributed by atoms with Crippen molar-refractivity contribution in [3.63, 3.8) is 0 Å². The van der Waals surface area contributed by atoms with Crippen molar-refractivity contribution in [3.8, 4) is 0 Å². The highest BCUT2D eigenvalue weighted by molar-refractivity contribution is 5.58. The van der Waals surface area contributed by atoms with E-state index in [-0.39, 0.29) is 6.61 Å². The Morgan fingerprint density at radius 1 is 1.71 bits per heavy atom. The van der Waals surface area contributed by atoms with Gasteiger partial charge in [-0.05, 0) is 6.92 Å². The van der Waals surface area contributed by atoms with Gasteiger partial charge in [0.2, 0.25) is 0 Å². The second kappa shape index (κ2) is 3.42. The minimum atomic E-state index is -1.18. The summed E-state index contributed by atoms with van der Waals surface area (Å²) in [6, 6.07) is 0. The van der Waals surface area contributed by atoms with Gasteiger partial charge in [-0.3, -0.25) is 0 Å². The highest BCUT2D eigenvalue weighted by atomic mass is 17.1. The number of carbonyl (C=O) groups is 1. The Bertz CT molecular complexity index is 60.0. The molecule has 0 N–H and O–H groups in total. The van der Waals surface area contributed by atoms with Crippen molar-refractivity contribution < 1.29 is 19.7 Å². The molecule has 0 aromatic carbocycles. The molecule has 4 heteroatoms. The smallest absolute Gasteiger partial charge is 0.433 e. The van der Waals surface area contributed by atoms with Crippen LogP contribution >= 0.6 is 0 Å². The van der Waals surface area contributed by atoms with Crippen LogP contribution in [0.2, 0.25) is 0 Å². The van der Waals surface area contributed by atoms with Gasteiger partial charge in [0.1, 0.15) is 0 Å². The highest BCUT2D eigenvalue weighted by Crippen LogP contribution is 1.78. The molecule has 4 nitrogen and oxygen atoms in total. The third kappa shape index (κ3) is 3.05. The van der Waals surface area contributed by atoms with Crippen molar-refractivity contribution in [3.05, 3.63) is 0 Å². The molecule has 0 aliphatic rings. The summed E-state index contributed by atoms with van der Waals surface area (Å²) in [5.41, 5.74) is 0. The fourth-order valence-electron chi connectivity index (χ4n) is 0.142. The Kier molecular flexibility index (Phi) is 3.04. The van der Waals surface area contributed by atoms with Crippen LogP contribution < -0.4 is 0 Å². The van der Waals surface area contributed by atoms with Crippen LogP contribution in [0, 0.1) is 0 Å². The molecular formula is C3H5O4. The zero-order chi connectivity index (χ0) is 5.70. The first-order chi connectivity index (χ1) is 3.31. The Morgan fingerprint density at radius 2 is 2.29 bits per heavy atom. The Labute approximate surface area is 40.6 Å². The molecule has 1 radical (unpaired) electrons. The summed E-state index contributed by atoms with van der Waals surface area (Å²) in [4.78, 5) is 12.5. The van der Waals surface area contributed by atoms with Gasteiger partial charge in [0.15, 0.2) is 0 Å². The second-order valence-electron chi connectivity index (χ2n) is 0.766. The summed E-state index contributed by atoms with van der Waals surface area (Å²) in [6.07, 6.45) is -1.18. The highest BCUT2D eigenvalue weighted by Gasteiger charge is 1.97. The fraction of sp³-hybridized carbons (Fsp3) is 0.667. The van der Waals surface area contributed by atoms with Gasteiger partial charge in [0.05, 0.1) is 6.61 Å². The Hall–Kier alpha value is -0.770. The van der Waals surface area contributed by atoms with Crippen molar-refractivity contribution >= 4 is 6.16 Å². The van der Waals surface area contributed by atoms with Gasteiger partial charge in [-0.2, -0.15) is 0 Å². The van der Waals surface area contributed by atoms with Gasteiger partial charge in [-0.1, -0.05) is 0 Å². The number of hydrogen-bond donors (Lipinski definition) is 0. The molecule has 0 saturated heterocycles. The maximum absolute atomic E-state index is 9.65. The predicted octanol–water partition coefficient (Wildman–Crippen LogP) is 0.505. The van der Waals surface area contributed by atoms with Crippen molar-refractivity contribution in [1.29, 1.82) is 0 Å². The van der Waals surface area contributed by atoms with E-state index in [0.29, 0.717) is 0 Å². The molecule has 41 valence electrons. The van der Waals surface area contributed by atoms with E-state index in [1.165, 1.54) is 0 Å². The minimum absolute atomic E-state index is 0.168. The normalized spacial score (nSPS) is 7.71. The lowest BCUT2D eigenvalue weighted by Gasteiger charge is -1.90. The fourth-order valence-corrected chi connectivity index (χ4v) is 0.142. The summed E-state index contributed by atoms with van der Waals surface area (Å²) in [6.45, 7) is 1.75. The van der Waals surface area contributed by atoms with Gasteiger partial charge in [-0.25, -0.2) is 9.68 Å². The van der Waals surface area contributed by atoms with Crippen molar-refractivity contribution in [2.45, 2.75) is 6.92 Å². The predicted molar refractivity (Wildman–Crippen MR) is 18.8 cm³/mol. The summed E-state index contributed by atoms with van der Waals surface area (Å²) >= 11 is 0. The molecule has 0 aliphatic heterocycles. The number of hydrogen-bond acceptors (Lipinski definition) is 3. The number of rotatable bonds is 1. The first kappa shape index (κ1) is 6.23. The second-order valence-corrected chi connectivity index (χ2v) is 0.766. The zero-order valence-corrected chi connectivity index (χ0v) is 3.84.